The largest absolute Gasteiger partial charge is 0.457 e. The van der Waals surface area contributed by atoms with Gasteiger partial charge in [-0.25, -0.2) is 0 Å². The molecule has 122 valence electrons. The second-order valence-electron chi connectivity index (χ2n) is 5.07. The van der Waals surface area contributed by atoms with E-state index in [4.69, 9.17) is 10.5 Å². The van der Waals surface area contributed by atoms with Crippen molar-refractivity contribution in [1.82, 2.24) is 5.32 Å². The number of hydrogen-bond acceptors (Lipinski definition) is 4. The summed E-state index contributed by atoms with van der Waals surface area (Å²) in [4.78, 5) is 10.9. The second kappa shape index (κ2) is 9.92. The minimum Gasteiger partial charge on any atom is -0.457 e. The number of ether oxygens (including phenoxy) is 1. The Labute approximate surface area is 141 Å². The van der Waals surface area contributed by atoms with Crippen LogP contribution < -0.4 is 15.8 Å². The number of nitrogens with one attached hydrogen (secondary N) is 1. The van der Waals surface area contributed by atoms with Crippen molar-refractivity contribution in [2.24, 2.45) is 5.73 Å². The molecule has 1 heterocycles. The summed E-state index contributed by atoms with van der Waals surface area (Å²) in [6.07, 6.45) is 1.01. The third-order valence-electron chi connectivity index (χ3n) is 3.22. The topological polar surface area (TPSA) is 64.4 Å². The van der Waals surface area contributed by atoms with Crippen LogP contribution in [-0.4, -0.2) is 30.0 Å². The standard InChI is InChI=1S/C12H10O.C6H12N2OS/c1-3-7-11(8-4-1)13-12-9-5-2-6-10-12;7-3-5-1-2-10-4-6(9)8-5/h1-10H;5H,1-4,7H2,(H,8,9). The maximum absolute atomic E-state index is 10.9. The van der Waals surface area contributed by atoms with Gasteiger partial charge in [-0.3, -0.25) is 4.79 Å². The Morgan fingerprint density at radius 3 is 2.13 bits per heavy atom. The number of nitrogens with two attached hydrogens (primary N) is 1. The first-order chi connectivity index (χ1) is 11.3. The highest BCUT2D eigenvalue weighted by atomic mass is 32.2. The van der Waals surface area contributed by atoms with Crippen molar-refractivity contribution in [3.63, 3.8) is 0 Å². The third kappa shape index (κ3) is 6.76. The van der Waals surface area contributed by atoms with Gasteiger partial charge < -0.3 is 15.8 Å². The van der Waals surface area contributed by atoms with Gasteiger partial charge >= 0.3 is 0 Å². The van der Waals surface area contributed by atoms with E-state index in [0.29, 0.717) is 12.3 Å². The van der Waals surface area contributed by atoms with Gasteiger partial charge in [-0.15, -0.1) is 0 Å². The second-order valence-corrected chi connectivity index (χ2v) is 6.17. The van der Waals surface area contributed by atoms with Gasteiger partial charge in [0.2, 0.25) is 5.91 Å². The molecule has 4 nitrogen and oxygen atoms in total. The lowest BCUT2D eigenvalue weighted by molar-refractivity contribution is -0.119. The normalized spacial score (nSPS) is 17.3. The summed E-state index contributed by atoms with van der Waals surface area (Å²) in [5.41, 5.74) is 5.41. The fraction of sp³-hybridized carbons (Fsp3) is 0.278. The summed E-state index contributed by atoms with van der Waals surface area (Å²) < 4.78 is 5.58. The van der Waals surface area contributed by atoms with Crippen LogP contribution in [0.5, 0.6) is 11.5 Å². The summed E-state index contributed by atoms with van der Waals surface area (Å²) in [6.45, 7) is 0.562. The van der Waals surface area contributed by atoms with Crippen LogP contribution >= 0.6 is 11.8 Å². The van der Waals surface area contributed by atoms with Crippen molar-refractivity contribution in [2.75, 3.05) is 18.1 Å². The van der Waals surface area contributed by atoms with Crippen molar-refractivity contribution in [1.29, 1.82) is 0 Å². The molecule has 0 bridgehead atoms. The van der Waals surface area contributed by atoms with Crippen molar-refractivity contribution in [3.05, 3.63) is 60.7 Å². The maximum atomic E-state index is 10.9. The van der Waals surface area contributed by atoms with Crippen LogP contribution in [0.2, 0.25) is 0 Å². The van der Waals surface area contributed by atoms with Crippen LogP contribution in [-0.2, 0) is 4.79 Å². The number of para-hydroxylation sites is 2. The molecule has 0 aliphatic carbocycles. The van der Waals surface area contributed by atoms with E-state index in [2.05, 4.69) is 5.32 Å². The maximum Gasteiger partial charge on any atom is 0.230 e. The molecular weight excluding hydrogens is 308 g/mol. The molecule has 2 aromatic carbocycles. The Balaban J connectivity index is 0.000000174. The van der Waals surface area contributed by atoms with E-state index in [0.717, 1.165) is 23.7 Å². The van der Waals surface area contributed by atoms with Crippen molar-refractivity contribution >= 4 is 17.7 Å². The number of rotatable bonds is 3. The Hall–Kier alpha value is -1.98. The molecule has 1 saturated heterocycles. The molecular formula is C18H22N2O2S. The predicted octanol–water partition coefficient (Wildman–Crippen LogP) is 3.05. The molecule has 2 aromatic rings. The van der Waals surface area contributed by atoms with E-state index in [1.54, 1.807) is 11.8 Å². The molecule has 0 radical (unpaired) electrons. The highest BCUT2D eigenvalue weighted by molar-refractivity contribution is 7.99. The van der Waals surface area contributed by atoms with Gasteiger partial charge in [-0.05, 0) is 36.4 Å². The van der Waals surface area contributed by atoms with Crippen molar-refractivity contribution < 1.29 is 9.53 Å². The zero-order valence-corrected chi connectivity index (χ0v) is 13.8. The number of amides is 1. The molecule has 1 aliphatic rings. The summed E-state index contributed by atoms with van der Waals surface area (Å²) in [5.74, 6) is 3.50. The molecule has 1 amide bonds. The van der Waals surface area contributed by atoms with E-state index in [1.165, 1.54) is 0 Å². The smallest absolute Gasteiger partial charge is 0.230 e. The Morgan fingerprint density at radius 2 is 1.61 bits per heavy atom. The average molecular weight is 330 g/mol. The van der Waals surface area contributed by atoms with Crippen LogP contribution in [0.1, 0.15) is 6.42 Å². The SMILES string of the molecule is NCC1CCSCC(=O)N1.c1ccc(Oc2ccccc2)cc1. The molecule has 1 fully saturated rings. The average Bonchev–Trinajstić information content (AvgIpc) is 2.81. The highest BCUT2D eigenvalue weighted by Crippen LogP contribution is 2.19. The zero-order valence-electron chi connectivity index (χ0n) is 13.0. The van der Waals surface area contributed by atoms with Gasteiger partial charge in [0.1, 0.15) is 11.5 Å². The van der Waals surface area contributed by atoms with E-state index < -0.39 is 0 Å². The summed E-state index contributed by atoms with van der Waals surface area (Å²) >= 11 is 1.68. The van der Waals surface area contributed by atoms with E-state index >= 15 is 0 Å². The molecule has 1 aliphatic heterocycles. The molecule has 1 unspecified atom stereocenters. The molecule has 0 spiro atoms. The third-order valence-corrected chi connectivity index (χ3v) is 4.21. The van der Waals surface area contributed by atoms with Crippen molar-refractivity contribution in [3.8, 4) is 11.5 Å². The lowest BCUT2D eigenvalue weighted by atomic mass is 10.2. The quantitative estimate of drug-likeness (QED) is 0.908. The molecule has 23 heavy (non-hydrogen) atoms. The van der Waals surface area contributed by atoms with Crippen LogP contribution in [0.4, 0.5) is 0 Å². The first kappa shape index (κ1) is 17.4. The molecule has 1 atom stereocenters. The number of hydrogen-bond donors (Lipinski definition) is 2. The zero-order chi connectivity index (χ0) is 16.3. The first-order valence-corrected chi connectivity index (χ1v) is 8.78. The van der Waals surface area contributed by atoms with Crippen LogP contribution in [0.15, 0.2) is 60.7 Å². The molecule has 0 saturated carbocycles. The van der Waals surface area contributed by atoms with Gasteiger partial charge in [-0.1, -0.05) is 36.4 Å². The summed E-state index contributed by atoms with van der Waals surface area (Å²) in [7, 11) is 0. The minimum absolute atomic E-state index is 0.123. The van der Waals surface area contributed by atoms with E-state index in [1.807, 2.05) is 60.7 Å². The van der Waals surface area contributed by atoms with Gasteiger partial charge in [-0.2, -0.15) is 11.8 Å². The molecule has 5 heteroatoms. The van der Waals surface area contributed by atoms with Gasteiger partial charge in [0.25, 0.3) is 0 Å². The van der Waals surface area contributed by atoms with Crippen LogP contribution in [0.3, 0.4) is 0 Å². The number of thioether (sulfide) groups is 1. The fourth-order valence-electron chi connectivity index (χ4n) is 2.02. The monoisotopic (exact) mass is 330 g/mol. The van der Waals surface area contributed by atoms with Crippen LogP contribution in [0.25, 0.3) is 0 Å². The Kier molecular flexibility index (Phi) is 7.49. The molecule has 3 N–H and O–H groups in total. The van der Waals surface area contributed by atoms with Crippen molar-refractivity contribution in [2.45, 2.75) is 12.5 Å². The van der Waals surface area contributed by atoms with Gasteiger partial charge in [0.05, 0.1) is 5.75 Å². The molecule has 3 rings (SSSR count). The first-order valence-electron chi connectivity index (χ1n) is 7.63. The van der Waals surface area contributed by atoms with Crippen LogP contribution in [0, 0.1) is 0 Å². The number of carbonyl (C=O) groups excluding carboxylic acids is 1. The van der Waals surface area contributed by atoms with Gasteiger partial charge in [0.15, 0.2) is 0 Å². The fourth-order valence-corrected chi connectivity index (χ4v) is 2.89. The Morgan fingerprint density at radius 1 is 1.04 bits per heavy atom. The number of carbonyl (C=O) groups is 1. The van der Waals surface area contributed by atoms with Gasteiger partial charge in [0, 0.05) is 12.6 Å². The highest BCUT2D eigenvalue weighted by Gasteiger charge is 2.14. The van der Waals surface area contributed by atoms with E-state index in [9.17, 15) is 4.79 Å². The Bertz CT molecular complexity index is 541. The summed E-state index contributed by atoms with van der Waals surface area (Å²) in [5, 5.41) is 2.84. The lowest BCUT2D eigenvalue weighted by Crippen LogP contribution is -2.39. The predicted molar refractivity (Wildman–Crippen MR) is 95.9 cm³/mol. The van der Waals surface area contributed by atoms with E-state index in [-0.39, 0.29) is 11.9 Å². The molecule has 0 aromatic heterocycles. The minimum atomic E-state index is 0.123. The lowest BCUT2D eigenvalue weighted by Gasteiger charge is -2.11. The summed E-state index contributed by atoms with van der Waals surface area (Å²) in [6, 6.07) is 19.7. The number of benzene rings is 2.